The molecule has 1 heterocycles. The molecule has 0 N–H and O–H groups in total. The molecule has 3 nitrogen and oxygen atoms in total. The molecular weight excluding hydrogens is 228 g/mol. The fraction of sp³-hybridized carbons (Fsp3) is 0.533. The van der Waals surface area contributed by atoms with Crippen LogP contribution in [0.4, 0.5) is 0 Å². The molecule has 0 aliphatic carbocycles. The van der Waals surface area contributed by atoms with Gasteiger partial charge in [-0.2, -0.15) is 0 Å². The van der Waals surface area contributed by atoms with Crippen LogP contribution in [-0.2, 0) is 14.9 Å². The lowest BCUT2D eigenvalue weighted by Gasteiger charge is -2.45. The van der Waals surface area contributed by atoms with E-state index in [4.69, 9.17) is 4.74 Å². The molecule has 1 unspecified atom stereocenters. The topological polar surface area (TPSA) is 49.4 Å². The minimum Gasteiger partial charge on any atom is -0.550 e. The molecule has 3 heteroatoms. The van der Waals surface area contributed by atoms with Gasteiger partial charge < -0.3 is 14.6 Å². The van der Waals surface area contributed by atoms with Crippen LogP contribution in [0, 0.1) is 0 Å². The number of aliphatic carboxylic acids is 1. The molecule has 1 fully saturated rings. The number of ether oxygens (including phenoxy) is 1. The van der Waals surface area contributed by atoms with Crippen LogP contribution in [0.15, 0.2) is 30.3 Å². The zero-order valence-electron chi connectivity index (χ0n) is 10.9. The Bertz CT molecular complexity index is 425. The molecule has 0 spiro atoms. The highest BCUT2D eigenvalue weighted by Gasteiger charge is 2.41. The van der Waals surface area contributed by atoms with Crippen molar-refractivity contribution in [2.24, 2.45) is 0 Å². The lowest BCUT2D eigenvalue weighted by atomic mass is 9.67. The Hall–Kier alpha value is -1.35. The Morgan fingerprint density at radius 2 is 2.00 bits per heavy atom. The highest BCUT2D eigenvalue weighted by Crippen LogP contribution is 2.43. The van der Waals surface area contributed by atoms with Crippen molar-refractivity contribution in [2.75, 3.05) is 6.61 Å². The summed E-state index contributed by atoms with van der Waals surface area (Å²) in [6.07, 6.45) is 1.50. The van der Waals surface area contributed by atoms with Crippen molar-refractivity contribution in [2.45, 2.75) is 44.1 Å². The van der Waals surface area contributed by atoms with Gasteiger partial charge in [0.1, 0.15) is 0 Å². The maximum Gasteiger partial charge on any atom is 0.0635 e. The number of carboxylic acids is 1. The predicted molar refractivity (Wildman–Crippen MR) is 67.0 cm³/mol. The number of hydrogen-bond donors (Lipinski definition) is 0. The summed E-state index contributed by atoms with van der Waals surface area (Å²) in [6.45, 7) is 4.62. The zero-order valence-corrected chi connectivity index (χ0v) is 10.9. The fourth-order valence-electron chi connectivity index (χ4n) is 3.04. The standard InChI is InChI=1S/C15H20O3/c1-14(2)11-15(8-9-18-14,10-13(16)17)12-6-4-3-5-7-12/h3-7H,8-11H2,1-2H3,(H,16,17)/p-1. The number of benzene rings is 1. The van der Waals surface area contributed by atoms with E-state index in [-0.39, 0.29) is 17.4 Å². The molecule has 18 heavy (non-hydrogen) atoms. The third kappa shape index (κ3) is 2.72. The second-order valence-corrected chi connectivity index (χ2v) is 5.73. The molecule has 0 radical (unpaired) electrons. The van der Waals surface area contributed by atoms with Crippen LogP contribution in [0.5, 0.6) is 0 Å². The molecule has 1 aromatic carbocycles. The predicted octanol–water partition coefficient (Wildman–Crippen LogP) is 1.65. The van der Waals surface area contributed by atoms with E-state index in [0.717, 1.165) is 12.0 Å². The number of carbonyl (C=O) groups excluding carboxylic acids is 1. The maximum atomic E-state index is 11.1. The van der Waals surface area contributed by atoms with Gasteiger partial charge in [0, 0.05) is 18.0 Å². The number of carbonyl (C=O) groups is 1. The first-order valence-corrected chi connectivity index (χ1v) is 6.33. The summed E-state index contributed by atoms with van der Waals surface area (Å²) < 4.78 is 5.71. The number of carboxylic acid groups (broad SMARTS) is 1. The van der Waals surface area contributed by atoms with E-state index in [1.165, 1.54) is 0 Å². The quantitative estimate of drug-likeness (QED) is 0.816. The van der Waals surface area contributed by atoms with Gasteiger partial charge in [-0.05, 0) is 38.7 Å². The van der Waals surface area contributed by atoms with E-state index in [9.17, 15) is 9.90 Å². The lowest BCUT2D eigenvalue weighted by molar-refractivity contribution is -0.308. The highest BCUT2D eigenvalue weighted by atomic mass is 16.5. The molecule has 1 aromatic rings. The molecule has 0 amide bonds. The summed E-state index contributed by atoms with van der Waals surface area (Å²) in [5.74, 6) is -0.989. The van der Waals surface area contributed by atoms with Gasteiger partial charge in [-0.3, -0.25) is 0 Å². The zero-order chi connectivity index (χ0) is 13.2. The summed E-state index contributed by atoms with van der Waals surface area (Å²) in [4.78, 5) is 11.1. The van der Waals surface area contributed by atoms with Crippen LogP contribution in [-0.4, -0.2) is 18.2 Å². The first kappa shape index (κ1) is 13.1. The highest BCUT2D eigenvalue weighted by molar-refractivity contribution is 5.67. The van der Waals surface area contributed by atoms with Gasteiger partial charge in [0.05, 0.1) is 5.60 Å². The Morgan fingerprint density at radius 3 is 2.56 bits per heavy atom. The molecule has 1 atom stereocenters. The second kappa shape index (κ2) is 4.73. The minimum absolute atomic E-state index is 0.0593. The van der Waals surface area contributed by atoms with Crippen LogP contribution in [0.25, 0.3) is 0 Å². The van der Waals surface area contributed by atoms with Crippen LogP contribution in [0.2, 0.25) is 0 Å². The molecule has 0 bridgehead atoms. The Balaban J connectivity index is 2.38. The third-order valence-electron chi connectivity index (χ3n) is 3.71. The Morgan fingerprint density at radius 1 is 1.33 bits per heavy atom. The first-order valence-electron chi connectivity index (χ1n) is 6.33. The van der Waals surface area contributed by atoms with Gasteiger partial charge >= 0.3 is 0 Å². The fourth-order valence-corrected chi connectivity index (χ4v) is 3.04. The monoisotopic (exact) mass is 247 g/mol. The number of hydrogen-bond acceptors (Lipinski definition) is 3. The lowest BCUT2D eigenvalue weighted by Crippen LogP contribution is -2.46. The Labute approximate surface area is 108 Å². The van der Waals surface area contributed by atoms with Gasteiger partial charge in [-0.1, -0.05) is 30.3 Å². The van der Waals surface area contributed by atoms with E-state index in [1.54, 1.807) is 0 Å². The van der Waals surface area contributed by atoms with E-state index in [2.05, 4.69) is 0 Å². The van der Waals surface area contributed by atoms with Crippen molar-refractivity contribution in [3.05, 3.63) is 35.9 Å². The van der Waals surface area contributed by atoms with Crippen LogP contribution in [0.1, 0.15) is 38.7 Å². The summed E-state index contributed by atoms with van der Waals surface area (Å²) >= 11 is 0. The molecule has 1 saturated heterocycles. The summed E-state index contributed by atoms with van der Waals surface area (Å²) in [7, 11) is 0. The van der Waals surface area contributed by atoms with Gasteiger partial charge in [0.2, 0.25) is 0 Å². The normalized spacial score (nSPS) is 26.8. The summed E-state index contributed by atoms with van der Waals surface area (Å²) in [5, 5.41) is 11.1. The molecule has 98 valence electrons. The average molecular weight is 247 g/mol. The largest absolute Gasteiger partial charge is 0.550 e. The van der Waals surface area contributed by atoms with Crippen molar-refractivity contribution in [3.63, 3.8) is 0 Å². The van der Waals surface area contributed by atoms with Crippen molar-refractivity contribution < 1.29 is 14.6 Å². The number of rotatable bonds is 3. The van der Waals surface area contributed by atoms with Crippen molar-refractivity contribution in [1.82, 2.24) is 0 Å². The molecule has 1 aliphatic rings. The van der Waals surface area contributed by atoms with Gasteiger partial charge in [0.25, 0.3) is 0 Å². The van der Waals surface area contributed by atoms with E-state index < -0.39 is 5.97 Å². The summed E-state index contributed by atoms with van der Waals surface area (Å²) in [5.41, 5.74) is 0.427. The molecule has 0 aromatic heterocycles. The van der Waals surface area contributed by atoms with Gasteiger partial charge in [0.15, 0.2) is 0 Å². The van der Waals surface area contributed by atoms with E-state index >= 15 is 0 Å². The Kier molecular flexibility index (Phi) is 3.44. The van der Waals surface area contributed by atoms with Crippen LogP contribution < -0.4 is 5.11 Å². The summed E-state index contributed by atoms with van der Waals surface area (Å²) in [6, 6.07) is 9.86. The van der Waals surface area contributed by atoms with E-state index in [1.807, 2.05) is 44.2 Å². The van der Waals surface area contributed by atoms with Crippen LogP contribution in [0.3, 0.4) is 0 Å². The first-order chi connectivity index (χ1) is 8.44. The maximum absolute atomic E-state index is 11.1. The average Bonchev–Trinajstić information content (AvgIpc) is 2.28. The molecular formula is C15H19O3-. The van der Waals surface area contributed by atoms with Gasteiger partial charge in [-0.15, -0.1) is 0 Å². The van der Waals surface area contributed by atoms with Crippen molar-refractivity contribution in [1.29, 1.82) is 0 Å². The van der Waals surface area contributed by atoms with Crippen molar-refractivity contribution in [3.8, 4) is 0 Å². The SMILES string of the molecule is CC1(C)CC(CC(=O)[O-])(c2ccccc2)CCO1. The molecule has 2 rings (SSSR count). The second-order valence-electron chi connectivity index (χ2n) is 5.73. The van der Waals surface area contributed by atoms with Crippen LogP contribution >= 0.6 is 0 Å². The van der Waals surface area contributed by atoms with Gasteiger partial charge in [-0.25, -0.2) is 0 Å². The third-order valence-corrected chi connectivity index (χ3v) is 3.71. The smallest absolute Gasteiger partial charge is 0.0635 e. The minimum atomic E-state index is -0.989. The van der Waals surface area contributed by atoms with Crippen molar-refractivity contribution >= 4 is 5.97 Å². The molecule has 0 saturated carbocycles. The van der Waals surface area contributed by atoms with E-state index in [0.29, 0.717) is 13.0 Å². The molecule has 1 aliphatic heterocycles.